The molecule has 0 bridgehead atoms. The van der Waals surface area contributed by atoms with Crippen molar-refractivity contribution in [2.45, 2.75) is 31.1 Å². The second kappa shape index (κ2) is 6.99. The maximum absolute atomic E-state index is 13.6. The van der Waals surface area contributed by atoms with Gasteiger partial charge in [-0.05, 0) is 36.1 Å². The Morgan fingerprint density at radius 3 is 2.45 bits per heavy atom. The van der Waals surface area contributed by atoms with Crippen LogP contribution in [0.4, 0.5) is 4.39 Å². The Labute approximate surface area is 168 Å². The molecule has 1 fully saturated rings. The largest absolute Gasteiger partial charge is 0.411 e. The first-order valence-corrected chi connectivity index (χ1v) is 10.0. The van der Waals surface area contributed by atoms with Gasteiger partial charge >= 0.3 is 0 Å². The molecule has 2 N–H and O–H groups in total. The van der Waals surface area contributed by atoms with Crippen molar-refractivity contribution in [1.82, 2.24) is 10.2 Å². The third-order valence-electron chi connectivity index (χ3n) is 6.36. The van der Waals surface area contributed by atoms with Gasteiger partial charge in [0.15, 0.2) is 0 Å². The Hall–Kier alpha value is -3.21. The number of allylic oxidation sites excluding steroid dienone is 1. The van der Waals surface area contributed by atoms with Crippen molar-refractivity contribution in [1.29, 1.82) is 0 Å². The van der Waals surface area contributed by atoms with Crippen molar-refractivity contribution in [3.8, 4) is 0 Å². The average molecular weight is 387 g/mol. The lowest BCUT2D eigenvalue weighted by molar-refractivity contribution is 0.305. The first-order valence-electron chi connectivity index (χ1n) is 10.0. The van der Waals surface area contributed by atoms with Crippen LogP contribution in [0.25, 0.3) is 6.08 Å². The van der Waals surface area contributed by atoms with Crippen LogP contribution >= 0.6 is 0 Å². The van der Waals surface area contributed by atoms with Gasteiger partial charge in [0, 0.05) is 29.0 Å². The number of benzene rings is 2. The first kappa shape index (κ1) is 17.9. The van der Waals surface area contributed by atoms with Crippen LogP contribution in [0.15, 0.2) is 65.8 Å². The zero-order chi connectivity index (χ0) is 19.8. The summed E-state index contributed by atoms with van der Waals surface area (Å²) in [7, 11) is 0. The zero-order valence-electron chi connectivity index (χ0n) is 16.0. The average Bonchev–Trinajstić information content (AvgIpc) is 3.14. The molecule has 0 radical (unpaired) electrons. The van der Waals surface area contributed by atoms with E-state index in [4.69, 9.17) is 0 Å². The summed E-state index contributed by atoms with van der Waals surface area (Å²) in [4.78, 5) is 0. The number of hydrogen-bond acceptors (Lipinski definition) is 3. The van der Waals surface area contributed by atoms with Crippen LogP contribution in [0.2, 0.25) is 0 Å². The minimum absolute atomic E-state index is 0.245. The van der Waals surface area contributed by atoms with Gasteiger partial charge in [-0.3, -0.25) is 5.10 Å². The molecule has 29 heavy (non-hydrogen) atoms. The van der Waals surface area contributed by atoms with Crippen molar-refractivity contribution in [2.24, 2.45) is 11.1 Å². The summed E-state index contributed by atoms with van der Waals surface area (Å²) < 4.78 is 13.6. The number of halogens is 1. The summed E-state index contributed by atoms with van der Waals surface area (Å²) in [6.45, 7) is 0. The van der Waals surface area contributed by atoms with Crippen molar-refractivity contribution in [2.75, 3.05) is 0 Å². The van der Waals surface area contributed by atoms with Crippen LogP contribution in [0, 0.1) is 11.7 Å². The second-order valence-electron chi connectivity index (χ2n) is 7.93. The van der Waals surface area contributed by atoms with Gasteiger partial charge in [0.2, 0.25) is 0 Å². The summed E-state index contributed by atoms with van der Waals surface area (Å²) >= 11 is 0. The minimum Gasteiger partial charge on any atom is -0.411 e. The topological polar surface area (TPSA) is 61.3 Å². The van der Waals surface area contributed by atoms with Crippen molar-refractivity contribution in [3.05, 3.63) is 94.6 Å². The Kier molecular flexibility index (Phi) is 4.31. The fourth-order valence-electron chi connectivity index (χ4n) is 4.51. The first-order chi connectivity index (χ1) is 14.2. The molecule has 0 spiro atoms. The van der Waals surface area contributed by atoms with E-state index in [9.17, 15) is 9.60 Å². The molecule has 146 valence electrons. The normalized spacial score (nSPS) is 21.6. The van der Waals surface area contributed by atoms with E-state index in [0.717, 1.165) is 47.3 Å². The molecule has 1 atom stereocenters. The van der Waals surface area contributed by atoms with Gasteiger partial charge in [-0.1, -0.05) is 66.2 Å². The van der Waals surface area contributed by atoms with E-state index in [-0.39, 0.29) is 11.7 Å². The minimum atomic E-state index is -0.418. The van der Waals surface area contributed by atoms with Crippen LogP contribution in [0.1, 0.15) is 47.3 Å². The lowest BCUT2D eigenvalue weighted by Crippen LogP contribution is -2.31. The fraction of sp³-hybridized carbons (Fsp3) is 0.250. The predicted octanol–water partition coefficient (Wildman–Crippen LogP) is 5.08. The second-order valence-corrected chi connectivity index (χ2v) is 7.93. The van der Waals surface area contributed by atoms with E-state index in [2.05, 4.69) is 39.6 Å². The molecule has 2 aromatic carbocycles. The highest BCUT2D eigenvalue weighted by Gasteiger charge is 2.38. The monoisotopic (exact) mass is 387 g/mol. The third-order valence-corrected chi connectivity index (χ3v) is 6.36. The standard InChI is InChI=1S/C24H22FN3O/c25-19-11-9-18(10-12-19)24(17-7-2-1-3-8-17)14-13-20-21(15-24)26-27-23(20)22(28-29)16-5-4-6-16/h1-3,7-14,16,29H,4-6,15H2,(H,26,27). The number of H-pyrrole nitrogens is 1. The van der Waals surface area contributed by atoms with Crippen molar-refractivity contribution < 1.29 is 9.60 Å². The molecule has 0 saturated heterocycles. The maximum Gasteiger partial charge on any atom is 0.123 e. The van der Waals surface area contributed by atoms with Gasteiger partial charge in [-0.15, -0.1) is 0 Å². The molecule has 2 aliphatic rings. The van der Waals surface area contributed by atoms with Crippen LogP contribution in [0.5, 0.6) is 0 Å². The zero-order valence-corrected chi connectivity index (χ0v) is 16.0. The Morgan fingerprint density at radius 2 is 1.79 bits per heavy atom. The van der Waals surface area contributed by atoms with Crippen LogP contribution in [-0.4, -0.2) is 21.1 Å². The molecule has 1 heterocycles. The molecule has 1 saturated carbocycles. The lowest BCUT2D eigenvalue weighted by Gasteiger charge is -2.34. The van der Waals surface area contributed by atoms with E-state index in [1.54, 1.807) is 0 Å². The smallest absolute Gasteiger partial charge is 0.123 e. The summed E-state index contributed by atoms with van der Waals surface area (Å²) in [5, 5.41) is 20.9. The molecule has 0 aliphatic heterocycles. The number of nitrogens with zero attached hydrogens (tertiary/aromatic N) is 2. The van der Waals surface area contributed by atoms with Gasteiger partial charge in [0.1, 0.15) is 17.2 Å². The van der Waals surface area contributed by atoms with E-state index < -0.39 is 5.41 Å². The Morgan fingerprint density at radius 1 is 1.07 bits per heavy atom. The Bertz CT molecular complexity index is 1080. The lowest BCUT2D eigenvalue weighted by atomic mass is 9.68. The highest BCUT2D eigenvalue weighted by atomic mass is 19.1. The molecule has 1 unspecified atom stereocenters. The molecule has 4 nitrogen and oxygen atoms in total. The number of oxime groups is 1. The Balaban J connectivity index is 1.61. The number of fused-ring (bicyclic) bond motifs is 1. The summed E-state index contributed by atoms with van der Waals surface area (Å²) in [5.74, 6) is 0.0317. The van der Waals surface area contributed by atoms with Gasteiger partial charge in [0.05, 0.1) is 0 Å². The highest BCUT2D eigenvalue weighted by molar-refractivity contribution is 6.03. The van der Waals surface area contributed by atoms with E-state index in [0.29, 0.717) is 12.1 Å². The van der Waals surface area contributed by atoms with Gasteiger partial charge < -0.3 is 5.21 Å². The summed E-state index contributed by atoms with van der Waals surface area (Å²) in [6.07, 6.45) is 8.14. The predicted molar refractivity (Wildman–Crippen MR) is 111 cm³/mol. The van der Waals surface area contributed by atoms with Crippen molar-refractivity contribution in [3.63, 3.8) is 0 Å². The quantitative estimate of drug-likeness (QED) is 0.372. The molecule has 5 rings (SSSR count). The number of hydrogen-bond donors (Lipinski definition) is 2. The van der Waals surface area contributed by atoms with E-state index in [1.165, 1.54) is 12.1 Å². The van der Waals surface area contributed by atoms with E-state index >= 15 is 0 Å². The molecule has 1 aromatic heterocycles. The van der Waals surface area contributed by atoms with Crippen LogP contribution in [-0.2, 0) is 11.8 Å². The number of aromatic nitrogens is 2. The van der Waals surface area contributed by atoms with Crippen molar-refractivity contribution >= 4 is 11.8 Å². The summed E-state index contributed by atoms with van der Waals surface area (Å²) in [5.41, 5.74) is 5.14. The van der Waals surface area contributed by atoms with Crippen LogP contribution < -0.4 is 0 Å². The van der Waals surface area contributed by atoms with Gasteiger partial charge in [0.25, 0.3) is 0 Å². The SMILES string of the molecule is ON=C(c1n[nH]c2c1C=CC(c1ccccc1)(c1ccc(F)cc1)C2)C1CCC1. The molecule has 0 amide bonds. The third kappa shape index (κ3) is 2.89. The number of rotatable bonds is 4. The number of nitrogens with one attached hydrogen (secondary N) is 1. The number of aromatic amines is 1. The van der Waals surface area contributed by atoms with E-state index in [1.807, 2.05) is 30.3 Å². The van der Waals surface area contributed by atoms with Gasteiger partial charge in [-0.2, -0.15) is 5.10 Å². The van der Waals surface area contributed by atoms with Gasteiger partial charge in [-0.25, -0.2) is 4.39 Å². The molecular formula is C24H22FN3O. The summed E-state index contributed by atoms with van der Waals surface area (Å²) in [6, 6.07) is 17.0. The molecular weight excluding hydrogens is 365 g/mol. The van der Waals surface area contributed by atoms with Crippen LogP contribution in [0.3, 0.4) is 0 Å². The maximum atomic E-state index is 13.6. The molecule has 3 aromatic rings. The molecule has 2 aliphatic carbocycles. The highest BCUT2D eigenvalue weighted by Crippen LogP contribution is 2.42. The fourth-order valence-corrected chi connectivity index (χ4v) is 4.51. The molecule has 5 heteroatoms.